The van der Waals surface area contributed by atoms with Crippen molar-refractivity contribution in [1.82, 2.24) is 10.2 Å². The Morgan fingerprint density at radius 1 is 1.27 bits per heavy atom. The fourth-order valence-corrected chi connectivity index (χ4v) is 3.31. The van der Waals surface area contributed by atoms with Gasteiger partial charge < -0.3 is 5.32 Å². The molecule has 2 fully saturated rings. The molecule has 0 atom stereocenters. The number of amides is 1. The van der Waals surface area contributed by atoms with Gasteiger partial charge in [0.05, 0.1) is 6.54 Å². The molecule has 1 amide bonds. The van der Waals surface area contributed by atoms with Crippen LogP contribution in [0.1, 0.15) is 38.2 Å². The summed E-state index contributed by atoms with van der Waals surface area (Å²) < 4.78 is 0. The zero-order chi connectivity index (χ0) is 15.5. The molecule has 0 aliphatic heterocycles. The van der Waals surface area contributed by atoms with Crippen molar-refractivity contribution < 1.29 is 4.79 Å². The van der Waals surface area contributed by atoms with Crippen LogP contribution in [-0.4, -0.2) is 29.9 Å². The maximum Gasteiger partial charge on any atom is 0.234 e. The molecule has 4 heteroatoms. The summed E-state index contributed by atoms with van der Waals surface area (Å²) in [5.41, 5.74) is 1.08. The predicted octanol–water partition coefficient (Wildman–Crippen LogP) is 3.47. The summed E-state index contributed by atoms with van der Waals surface area (Å²) in [5, 5.41) is 4.07. The molecule has 1 aromatic carbocycles. The van der Waals surface area contributed by atoms with Gasteiger partial charge in [-0.1, -0.05) is 36.7 Å². The number of likely N-dealkylation sites (N-methyl/N-ethyl adjacent to an activating group) is 1. The number of carbonyl (C=O) groups excluding carboxylic acids is 1. The highest BCUT2D eigenvalue weighted by Gasteiger charge is 2.42. The number of carbonyl (C=O) groups is 1. The molecular weight excluding hydrogens is 296 g/mol. The maximum atomic E-state index is 12.4. The number of rotatable bonds is 8. The van der Waals surface area contributed by atoms with E-state index in [0.717, 1.165) is 35.5 Å². The van der Waals surface area contributed by atoms with E-state index in [0.29, 0.717) is 12.6 Å². The van der Waals surface area contributed by atoms with E-state index in [1.807, 2.05) is 24.3 Å². The molecule has 1 N–H and O–H groups in total. The predicted molar refractivity (Wildman–Crippen MR) is 89.8 cm³/mol. The quantitative estimate of drug-likeness (QED) is 0.795. The molecule has 0 heterocycles. The zero-order valence-corrected chi connectivity index (χ0v) is 14.0. The van der Waals surface area contributed by atoms with Gasteiger partial charge in [0, 0.05) is 17.6 Å². The lowest BCUT2D eigenvalue weighted by Gasteiger charge is -2.23. The Morgan fingerprint density at radius 2 is 1.91 bits per heavy atom. The van der Waals surface area contributed by atoms with Crippen LogP contribution >= 0.6 is 11.6 Å². The summed E-state index contributed by atoms with van der Waals surface area (Å²) in [5.74, 6) is 1.66. The molecule has 120 valence electrons. The molecule has 3 rings (SSSR count). The molecule has 0 saturated heterocycles. The molecular formula is C18H25ClN2O. The lowest BCUT2D eigenvalue weighted by atomic mass is 10.1. The summed E-state index contributed by atoms with van der Waals surface area (Å²) >= 11 is 6.22. The minimum absolute atomic E-state index is 0.165. The van der Waals surface area contributed by atoms with Crippen LogP contribution in [-0.2, 0) is 11.3 Å². The first kappa shape index (κ1) is 15.8. The fraction of sp³-hybridized carbons (Fsp3) is 0.611. The zero-order valence-electron chi connectivity index (χ0n) is 13.2. The highest BCUT2D eigenvalue weighted by Crippen LogP contribution is 2.44. The average molecular weight is 321 g/mol. The monoisotopic (exact) mass is 320 g/mol. The molecule has 0 aromatic heterocycles. The summed E-state index contributed by atoms with van der Waals surface area (Å²) in [4.78, 5) is 14.5. The number of hydrogen-bond acceptors (Lipinski definition) is 2. The molecule has 0 radical (unpaired) electrons. The lowest BCUT2D eigenvalue weighted by Crippen LogP contribution is -2.43. The van der Waals surface area contributed by atoms with E-state index in [9.17, 15) is 4.79 Å². The Bertz CT molecular complexity index is 514. The van der Waals surface area contributed by atoms with Gasteiger partial charge in [-0.05, 0) is 55.7 Å². The van der Waals surface area contributed by atoms with Crippen molar-refractivity contribution >= 4 is 17.5 Å². The van der Waals surface area contributed by atoms with Crippen molar-refractivity contribution in [3.8, 4) is 0 Å². The third kappa shape index (κ3) is 4.23. The van der Waals surface area contributed by atoms with Crippen molar-refractivity contribution in [2.45, 2.75) is 45.2 Å². The van der Waals surface area contributed by atoms with E-state index >= 15 is 0 Å². The second-order valence-corrected chi connectivity index (χ2v) is 7.07. The Kier molecular flexibility index (Phi) is 5.04. The summed E-state index contributed by atoms with van der Waals surface area (Å²) in [6, 6.07) is 8.29. The summed E-state index contributed by atoms with van der Waals surface area (Å²) in [7, 11) is 0. The SMILES string of the molecule is CCN(CC(=O)NC(C1CC1)C1CC1)Cc1ccccc1Cl. The van der Waals surface area contributed by atoms with Gasteiger partial charge in [-0.3, -0.25) is 9.69 Å². The van der Waals surface area contributed by atoms with Crippen molar-refractivity contribution in [3.05, 3.63) is 34.9 Å². The van der Waals surface area contributed by atoms with E-state index < -0.39 is 0 Å². The Morgan fingerprint density at radius 3 is 2.45 bits per heavy atom. The molecule has 22 heavy (non-hydrogen) atoms. The van der Waals surface area contributed by atoms with Gasteiger partial charge in [-0.25, -0.2) is 0 Å². The molecule has 2 saturated carbocycles. The second kappa shape index (κ2) is 7.01. The molecule has 2 aliphatic carbocycles. The number of nitrogens with zero attached hydrogens (tertiary/aromatic N) is 1. The number of hydrogen-bond donors (Lipinski definition) is 1. The molecule has 2 aliphatic rings. The van der Waals surface area contributed by atoms with Crippen LogP contribution < -0.4 is 5.32 Å². The van der Waals surface area contributed by atoms with Crippen molar-refractivity contribution in [2.24, 2.45) is 11.8 Å². The molecule has 3 nitrogen and oxygen atoms in total. The molecule has 0 unspecified atom stereocenters. The first-order valence-corrected chi connectivity index (χ1v) is 8.80. The highest BCUT2D eigenvalue weighted by atomic mass is 35.5. The average Bonchev–Trinajstić information content (AvgIpc) is 3.39. The number of halogens is 1. The van der Waals surface area contributed by atoms with Crippen molar-refractivity contribution in [1.29, 1.82) is 0 Å². The largest absolute Gasteiger partial charge is 0.352 e. The highest BCUT2D eigenvalue weighted by molar-refractivity contribution is 6.31. The number of nitrogens with one attached hydrogen (secondary N) is 1. The van der Waals surface area contributed by atoms with Gasteiger partial charge in [-0.2, -0.15) is 0 Å². The summed E-state index contributed by atoms with van der Waals surface area (Å²) in [6.07, 6.45) is 5.16. The van der Waals surface area contributed by atoms with Crippen LogP contribution in [0, 0.1) is 11.8 Å². The van der Waals surface area contributed by atoms with Gasteiger partial charge in [0.1, 0.15) is 0 Å². The number of benzene rings is 1. The van der Waals surface area contributed by atoms with Crippen LogP contribution in [0.5, 0.6) is 0 Å². The van der Waals surface area contributed by atoms with Gasteiger partial charge in [-0.15, -0.1) is 0 Å². The Hall–Kier alpha value is -1.06. The van der Waals surface area contributed by atoms with E-state index in [2.05, 4.69) is 17.1 Å². The van der Waals surface area contributed by atoms with Gasteiger partial charge in [0.25, 0.3) is 0 Å². The van der Waals surface area contributed by atoms with Crippen LogP contribution in [0.4, 0.5) is 0 Å². The fourth-order valence-electron chi connectivity index (χ4n) is 3.11. The first-order valence-electron chi connectivity index (χ1n) is 8.42. The topological polar surface area (TPSA) is 32.3 Å². The minimum Gasteiger partial charge on any atom is -0.352 e. The van der Waals surface area contributed by atoms with Crippen LogP contribution in [0.25, 0.3) is 0 Å². The first-order chi connectivity index (χ1) is 10.7. The molecule has 0 spiro atoms. The van der Waals surface area contributed by atoms with Crippen molar-refractivity contribution in [3.63, 3.8) is 0 Å². The smallest absolute Gasteiger partial charge is 0.234 e. The van der Waals surface area contributed by atoms with E-state index in [4.69, 9.17) is 11.6 Å². The summed E-state index contributed by atoms with van der Waals surface area (Å²) in [6.45, 7) is 4.11. The van der Waals surface area contributed by atoms with Crippen LogP contribution in [0.2, 0.25) is 5.02 Å². The van der Waals surface area contributed by atoms with Crippen molar-refractivity contribution in [2.75, 3.05) is 13.1 Å². The lowest BCUT2D eigenvalue weighted by molar-refractivity contribution is -0.123. The maximum absolute atomic E-state index is 12.4. The standard InChI is InChI=1S/C18H25ClN2O/c1-2-21(11-15-5-3-4-6-16(15)19)12-17(22)20-18(13-7-8-13)14-9-10-14/h3-6,13-14,18H,2,7-12H2,1H3,(H,20,22). The van der Waals surface area contributed by atoms with Gasteiger partial charge in [0.2, 0.25) is 5.91 Å². The third-order valence-corrected chi connectivity index (χ3v) is 5.12. The van der Waals surface area contributed by atoms with Gasteiger partial charge >= 0.3 is 0 Å². The second-order valence-electron chi connectivity index (χ2n) is 6.66. The Balaban J connectivity index is 1.53. The van der Waals surface area contributed by atoms with E-state index in [1.54, 1.807) is 0 Å². The minimum atomic E-state index is 0.165. The van der Waals surface area contributed by atoms with Crippen LogP contribution in [0.15, 0.2) is 24.3 Å². The Labute approximate surface area is 138 Å². The third-order valence-electron chi connectivity index (χ3n) is 4.75. The van der Waals surface area contributed by atoms with Crippen LogP contribution in [0.3, 0.4) is 0 Å². The normalized spacial score (nSPS) is 18.0. The van der Waals surface area contributed by atoms with Gasteiger partial charge in [0.15, 0.2) is 0 Å². The molecule has 1 aromatic rings. The van der Waals surface area contributed by atoms with E-state index in [-0.39, 0.29) is 5.91 Å². The van der Waals surface area contributed by atoms with E-state index in [1.165, 1.54) is 25.7 Å². The molecule has 0 bridgehead atoms.